The van der Waals surface area contributed by atoms with Gasteiger partial charge in [-0.05, 0) is 36.4 Å². The van der Waals surface area contributed by atoms with E-state index in [0.717, 1.165) is 42.6 Å². The van der Waals surface area contributed by atoms with E-state index >= 15 is 0 Å². The van der Waals surface area contributed by atoms with Crippen LogP contribution in [0, 0.1) is 0 Å². The topological polar surface area (TPSA) is 17.8 Å². The molecule has 0 bridgehead atoms. The maximum Gasteiger partial charge on any atom is 0.0824 e. The minimum absolute atomic E-state index is 0. The number of hydrogen-bond donors (Lipinski definition) is 0. The summed E-state index contributed by atoms with van der Waals surface area (Å²) in [5, 5.41) is 2.98. The van der Waals surface area contributed by atoms with Crippen LogP contribution >= 0.6 is 39.9 Å². The van der Waals surface area contributed by atoms with Gasteiger partial charge in [0.05, 0.1) is 11.2 Å². The molecule has 0 unspecified atom stereocenters. The van der Waals surface area contributed by atoms with Crippen molar-refractivity contribution in [3.8, 4) is 11.3 Å². The van der Waals surface area contributed by atoms with E-state index in [-0.39, 0.29) is 12.4 Å². The van der Waals surface area contributed by atoms with Crippen molar-refractivity contribution in [2.24, 2.45) is 7.05 Å². The van der Waals surface area contributed by atoms with Crippen LogP contribution in [0.2, 0.25) is 5.02 Å². The average molecular weight is 382 g/mol. The van der Waals surface area contributed by atoms with E-state index in [9.17, 15) is 0 Å². The zero-order chi connectivity index (χ0) is 13.9. The van der Waals surface area contributed by atoms with Gasteiger partial charge in [0.1, 0.15) is 0 Å². The van der Waals surface area contributed by atoms with Crippen molar-refractivity contribution in [1.29, 1.82) is 0 Å². The molecular weight excluding hydrogens is 371 g/mol. The molecule has 0 aliphatic carbocycles. The summed E-state index contributed by atoms with van der Waals surface area (Å²) in [6.45, 7) is 0. The molecule has 2 aliphatic heterocycles. The molecule has 0 aromatic heterocycles. The molecule has 2 aromatic rings. The summed E-state index contributed by atoms with van der Waals surface area (Å²) in [7, 11) is 2.05. The van der Waals surface area contributed by atoms with Gasteiger partial charge in [-0.1, -0.05) is 27.5 Å². The maximum absolute atomic E-state index is 6.15. The number of pyridine rings is 1. The maximum atomic E-state index is 6.15. The Kier molecular flexibility index (Phi) is 3.60. The third kappa shape index (κ3) is 2.20. The lowest BCUT2D eigenvalue weighted by Crippen LogP contribution is -1.95. The molecule has 2 aliphatic rings. The molecule has 0 spiro atoms. The third-order valence-corrected chi connectivity index (χ3v) is 4.38. The minimum atomic E-state index is 0. The molecule has 5 heteroatoms. The zero-order valence-corrected chi connectivity index (χ0v) is 14.3. The fourth-order valence-corrected chi connectivity index (χ4v) is 3.27. The first-order chi connectivity index (χ1) is 9.63. The molecule has 0 atom stereocenters. The van der Waals surface area contributed by atoms with Gasteiger partial charge in [0.25, 0.3) is 0 Å². The summed E-state index contributed by atoms with van der Waals surface area (Å²) in [4.78, 5) is 4.77. The fourth-order valence-electron chi connectivity index (χ4n) is 2.73. The SMILES string of the molecule is Cl.Cn1cc2c3cc(Br)ccc3nc-2c2cc(Cl)ccc21. The van der Waals surface area contributed by atoms with Gasteiger partial charge in [0.2, 0.25) is 0 Å². The summed E-state index contributed by atoms with van der Waals surface area (Å²) < 4.78 is 3.18. The molecule has 0 radical (unpaired) electrons. The van der Waals surface area contributed by atoms with Crippen LogP contribution in [0.3, 0.4) is 0 Å². The first-order valence-corrected chi connectivity index (χ1v) is 7.44. The van der Waals surface area contributed by atoms with Crippen molar-refractivity contribution in [2.45, 2.75) is 0 Å². The van der Waals surface area contributed by atoms with Crippen molar-refractivity contribution >= 4 is 61.7 Å². The average Bonchev–Trinajstić information content (AvgIpc) is 2.77. The standard InChI is InChI=1S/C16H10BrClN2.ClH/c1-20-8-13-11-6-9(17)2-4-14(11)19-16(13)12-7-10(18)3-5-15(12)20;/h2-8H,1H3;1H. The lowest BCUT2D eigenvalue weighted by molar-refractivity contribution is 0.955. The Labute approximate surface area is 141 Å². The van der Waals surface area contributed by atoms with E-state index in [1.165, 1.54) is 0 Å². The van der Waals surface area contributed by atoms with Crippen LogP contribution in [-0.2, 0) is 7.05 Å². The van der Waals surface area contributed by atoms with Gasteiger partial charge in [0, 0.05) is 44.6 Å². The summed E-state index contributed by atoms with van der Waals surface area (Å²) in [6, 6.07) is 12.1. The second kappa shape index (κ2) is 5.16. The van der Waals surface area contributed by atoms with Crippen LogP contribution in [0.15, 0.2) is 47.1 Å². The van der Waals surface area contributed by atoms with Crippen molar-refractivity contribution in [1.82, 2.24) is 9.55 Å². The highest BCUT2D eigenvalue weighted by Gasteiger charge is 2.17. The lowest BCUT2D eigenvalue weighted by atomic mass is 10.1. The molecule has 2 heterocycles. The predicted molar refractivity (Wildman–Crippen MR) is 94.8 cm³/mol. The van der Waals surface area contributed by atoms with Crippen LogP contribution in [0.25, 0.3) is 33.1 Å². The molecule has 0 saturated heterocycles. The Morgan fingerprint density at radius 2 is 1.90 bits per heavy atom. The predicted octanol–water partition coefficient (Wildman–Crippen LogP) is 5.67. The van der Waals surface area contributed by atoms with Crippen LogP contribution in [0.1, 0.15) is 0 Å². The molecule has 4 rings (SSSR count). The number of aromatic nitrogens is 2. The van der Waals surface area contributed by atoms with E-state index in [1.54, 1.807) is 0 Å². The van der Waals surface area contributed by atoms with E-state index in [4.69, 9.17) is 16.6 Å². The fraction of sp³-hybridized carbons (Fsp3) is 0.0625. The van der Waals surface area contributed by atoms with Crippen LogP contribution in [0.4, 0.5) is 0 Å². The van der Waals surface area contributed by atoms with E-state index in [1.807, 2.05) is 37.4 Å². The van der Waals surface area contributed by atoms with Crippen LogP contribution in [-0.4, -0.2) is 9.55 Å². The van der Waals surface area contributed by atoms with Gasteiger partial charge in [-0.2, -0.15) is 0 Å². The Morgan fingerprint density at radius 1 is 1.10 bits per heavy atom. The largest absolute Gasteiger partial charge is 0.350 e. The highest BCUT2D eigenvalue weighted by atomic mass is 79.9. The van der Waals surface area contributed by atoms with Gasteiger partial charge < -0.3 is 4.57 Å². The van der Waals surface area contributed by atoms with Crippen molar-refractivity contribution in [3.05, 3.63) is 52.1 Å². The summed E-state index contributed by atoms with van der Waals surface area (Å²) in [6.07, 6.45) is 2.13. The molecule has 0 amide bonds. The Morgan fingerprint density at radius 3 is 2.71 bits per heavy atom. The van der Waals surface area contributed by atoms with Gasteiger partial charge in [-0.3, -0.25) is 0 Å². The number of rotatable bonds is 0. The molecule has 106 valence electrons. The van der Waals surface area contributed by atoms with E-state index in [0.29, 0.717) is 0 Å². The number of aryl methyl sites for hydroxylation is 1. The van der Waals surface area contributed by atoms with Crippen LogP contribution < -0.4 is 0 Å². The molecule has 0 saturated carbocycles. The molecule has 21 heavy (non-hydrogen) atoms. The van der Waals surface area contributed by atoms with Crippen LogP contribution in [0.5, 0.6) is 0 Å². The Hall–Kier alpha value is -1.29. The van der Waals surface area contributed by atoms with E-state index in [2.05, 4.69) is 32.8 Å². The number of hydrogen-bond acceptors (Lipinski definition) is 1. The number of benzene rings is 2. The minimum Gasteiger partial charge on any atom is -0.350 e. The quantitative estimate of drug-likeness (QED) is 0.383. The first-order valence-electron chi connectivity index (χ1n) is 6.27. The Bertz CT molecular complexity index is 946. The zero-order valence-electron chi connectivity index (χ0n) is 11.1. The summed E-state index contributed by atoms with van der Waals surface area (Å²) in [5.74, 6) is 0. The van der Waals surface area contributed by atoms with Gasteiger partial charge in [-0.15, -0.1) is 12.4 Å². The van der Waals surface area contributed by atoms with Crippen molar-refractivity contribution in [3.63, 3.8) is 0 Å². The molecule has 2 aromatic carbocycles. The van der Waals surface area contributed by atoms with Crippen molar-refractivity contribution < 1.29 is 0 Å². The Balaban J connectivity index is 0.00000132. The normalized spacial score (nSPS) is 11.2. The molecule has 0 fully saturated rings. The third-order valence-electron chi connectivity index (χ3n) is 3.65. The summed E-state index contributed by atoms with van der Waals surface area (Å²) >= 11 is 9.68. The smallest absolute Gasteiger partial charge is 0.0824 e. The highest BCUT2D eigenvalue weighted by Crippen LogP contribution is 2.38. The second-order valence-corrected chi connectivity index (χ2v) is 6.29. The van der Waals surface area contributed by atoms with Gasteiger partial charge in [0.15, 0.2) is 0 Å². The number of fused-ring (bicyclic) bond motifs is 5. The van der Waals surface area contributed by atoms with Crippen molar-refractivity contribution in [2.75, 3.05) is 0 Å². The highest BCUT2D eigenvalue weighted by molar-refractivity contribution is 9.10. The first kappa shape index (κ1) is 14.6. The molecule has 2 nitrogen and oxygen atoms in total. The summed E-state index contributed by atoms with van der Waals surface area (Å²) in [5.41, 5.74) is 4.30. The monoisotopic (exact) mass is 380 g/mol. The molecule has 0 N–H and O–H groups in total. The molecular formula is C16H11BrCl2N2. The van der Waals surface area contributed by atoms with Gasteiger partial charge in [-0.25, -0.2) is 4.98 Å². The number of nitrogens with zero attached hydrogens (tertiary/aromatic N) is 2. The number of halogens is 3. The van der Waals surface area contributed by atoms with E-state index < -0.39 is 0 Å². The van der Waals surface area contributed by atoms with Gasteiger partial charge >= 0.3 is 0 Å². The second-order valence-electron chi connectivity index (χ2n) is 4.94. The lowest BCUT2D eigenvalue weighted by Gasteiger charge is -2.10.